The summed E-state index contributed by atoms with van der Waals surface area (Å²) in [5.74, 6) is 1.29. The maximum Gasteiger partial charge on any atom is 0.373 e. The molecule has 0 aliphatic rings. The summed E-state index contributed by atoms with van der Waals surface area (Å²) in [6, 6.07) is 1.79. The minimum atomic E-state index is -0.440. The first kappa shape index (κ1) is 14.5. The highest BCUT2D eigenvalue weighted by Gasteiger charge is 2.24. The summed E-state index contributed by atoms with van der Waals surface area (Å²) in [5.41, 5.74) is 0. The van der Waals surface area contributed by atoms with Crippen molar-refractivity contribution in [3.8, 4) is 0 Å². The second-order valence-electron chi connectivity index (χ2n) is 5.37. The number of rotatable bonds is 6. The molecule has 1 N–H and O–H groups in total. The zero-order chi connectivity index (χ0) is 15.7. The van der Waals surface area contributed by atoms with Crippen LogP contribution in [0.3, 0.4) is 0 Å². The number of nitrogens with zero attached hydrogens (tertiary/aromatic N) is 5. The number of nitro groups is 1. The number of anilines is 2. The molecule has 0 unspecified atom stereocenters. The van der Waals surface area contributed by atoms with Crippen molar-refractivity contribution in [2.45, 2.75) is 26.8 Å². The molecule has 3 heterocycles. The first-order valence-electron chi connectivity index (χ1n) is 6.95. The van der Waals surface area contributed by atoms with Crippen LogP contribution in [0.5, 0.6) is 0 Å². The molecule has 0 aliphatic carbocycles. The standard InChI is InChI=1S/C13H16N6O2S/c1-9(2)3-5-17-6-4-10(16-17)14-11-12(19(20)21)18-7-8-22-13(18)15-11/h4,6-9H,3,5H2,1-2H3,(H,14,16). The monoisotopic (exact) mass is 320 g/mol. The summed E-state index contributed by atoms with van der Waals surface area (Å²) in [6.45, 7) is 5.13. The van der Waals surface area contributed by atoms with E-state index in [4.69, 9.17) is 0 Å². The molecule has 0 spiro atoms. The van der Waals surface area contributed by atoms with Crippen LogP contribution < -0.4 is 5.32 Å². The molecule has 0 saturated heterocycles. The molecule has 3 rings (SSSR count). The molecule has 9 heteroatoms. The SMILES string of the molecule is CC(C)CCn1ccc(Nc2nc3sccn3c2[N+](=O)[O-])n1. The van der Waals surface area contributed by atoms with Crippen molar-refractivity contribution in [2.24, 2.45) is 5.92 Å². The Kier molecular flexibility index (Phi) is 3.80. The third kappa shape index (κ3) is 2.80. The summed E-state index contributed by atoms with van der Waals surface area (Å²) in [5, 5.41) is 20.3. The fraction of sp³-hybridized carbons (Fsp3) is 0.385. The average Bonchev–Trinajstić information content (AvgIpc) is 3.11. The van der Waals surface area contributed by atoms with E-state index in [0.717, 1.165) is 13.0 Å². The highest BCUT2D eigenvalue weighted by Crippen LogP contribution is 2.29. The molecule has 0 fully saturated rings. The molecule has 116 valence electrons. The highest BCUT2D eigenvalue weighted by molar-refractivity contribution is 7.15. The van der Waals surface area contributed by atoms with E-state index < -0.39 is 4.92 Å². The normalized spacial score (nSPS) is 11.4. The van der Waals surface area contributed by atoms with Gasteiger partial charge >= 0.3 is 5.82 Å². The maximum atomic E-state index is 11.3. The van der Waals surface area contributed by atoms with Crippen molar-refractivity contribution in [1.82, 2.24) is 19.2 Å². The highest BCUT2D eigenvalue weighted by atomic mass is 32.1. The van der Waals surface area contributed by atoms with Crippen LogP contribution >= 0.6 is 11.3 Å². The summed E-state index contributed by atoms with van der Waals surface area (Å²) >= 11 is 1.35. The number of hydrogen-bond acceptors (Lipinski definition) is 6. The number of aryl methyl sites for hydroxylation is 1. The molecule has 0 radical (unpaired) electrons. The molecular weight excluding hydrogens is 304 g/mol. The van der Waals surface area contributed by atoms with Crippen LogP contribution in [0, 0.1) is 16.0 Å². The smallest absolute Gasteiger partial charge is 0.358 e. The largest absolute Gasteiger partial charge is 0.373 e. The average molecular weight is 320 g/mol. The van der Waals surface area contributed by atoms with Gasteiger partial charge < -0.3 is 15.4 Å². The van der Waals surface area contributed by atoms with Gasteiger partial charge in [-0.2, -0.15) is 14.5 Å². The van der Waals surface area contributed by atoms with Gasteiger partial charge in [0.15, 0.2) is 5.82 Å². The van der Waals surface area contributed by atoms with Gasteiger partial charge in [0.2, 0.25) is 5.82 Å². The van der Waals surface area contributed by atoms with Gasteiger partial charge in [-0.25, -0.2) is 0 Å². The Balaban J connectivity index is 1.82. The predicted molar refractivity (Wildman–Crippen MR) is 84.7 cm³/mol. The van der Waals surface area contributed by atoms with E-state index in [9.17, 15) is 10.1 Å². The Morgan fingerprint density at radius 3 is 3.00 bits per heavy atom. The summed E-state index contributed by atoms with van der Waals surface area (Å²) in [4.78, 5) is 15.6. The first-order chi connectivity index (χ1) is 10.5. The van der Waals surface area contributed by atoms with Gasteiger partial charge in [-0.15, -0.1) is 0 Å². The van der Waals surface area contributed by atoms with Gasteiger partial charge in [0.1, 0.15) is 6.20 Å². The Morgan fingerprint density at radius 2 is 2.27 bits per heavy atom. The molecule has 0 saturated carbocycles. The molecule has 0 atom stereocenters. The second-order valence-corrected chi connectivity index (χ2v) is 6.24. The Morgan fingerprint density at radius 1 is 1.45 bits per heavy atom. The van der Waals surface area contributed by atoms with E-state index in [2.05, 4.69) is 29.2 Å². The molecule has 0 aromatic carbocycles. The molecule has 0 bridgehead atoms. The van der Waals surface area contributed by atoms with Crippen molar-refractivity contribution in [3.63, 3.8) is 0 Å². The van der Waals surface area contributed by atoms with Crippen LogP contribution in [0.1, 0.15) is 20.3 Å². The van der Waals surface area contributed by atoms with Crippen LogP contribution in [0.2, 0.25) is 0 Å². The van der Waals surface area contributed by atoms with Gasteiger partial charge in [0.25, 0.3) is 4.96 Å². The van der Waals surface area contributed by atoms with Gasteiger partial charge in [-0.05, 0) is 17.3 Å². The second kappa shape index (κ2) is 5.76. The quantitative estimate of drug-likeness (QED) is 0.556. The fourth-order valence-electron chi connectivity index (χ4n) is 2.10. The Hall–Kier alpha value is -2.42. The van der Waals surface area contributed by atoms with Gasteiger partial charge in [-0.3, -0.25) is 4.68 Å². The zero-order valence-electron chi connectivity index (χ0n) is 12.3. The van der Waals surface area contributed by atoms with Gasteiger partial charge in [0, 0.05) is 24.2 Å². The number of thiazole rings is 1. The maximum absolute atomic E-state index is 11.3. The Bertz CT molecular complexity index is 803. The van der Waals surface area contributed by atoms with E-state index in [1.807, 2.05) is 10.9 Å². The molecule has 0 aliphatic heterocycles. The minimum Gasteiger partial charge on any atom is -0.358 e. The van der Waals surface area contributed by atoms with E-state index >= 15 is 0 Å². The third-order valence-corrected chi connectivity index (χ3v) is 3.99. The number of imidazole rings is 1. The van der Waals surface area contributed by atoms with E-state index in [1.165, 1.54) is 15.7 Å². The fourth-order valence-corrected chi connectivity index (χ4v) is 2.81. The van der Waals surface area contributed by atoms with Crippen LogP contribution in [-0.4, -0.2) is 24.1 Å². The third-order valence-electron chi connectivity index (χ3n) is 3.23. The lowest BCUT2D eigenvalue weighted by molar-refractivity contribution is -0.389. The predicted octanol–water partition coefficient (Wildman–Crippen LogP) is 3.29. The Labute approximate surface area is 130 Å². The molecular formula is C13H16N6O2S. The van der Waals surface area contributed by atoms with Crippen molar-refractivity contribution < 1.29 is 4.92 Å². The molecule has 8 nitrogen and oxygen atoms in total. The van der Waals surface area contributed by atoms with Crippen LogP contribution in [0.25, 0.3) is 4.96 Å². The van der Waals surface area contributed by atoms with E-state index in [0.29, 0.717) is 16.7 Å². The lowest BCUT2D eigenvalue weighted by Gasteiger charge is -2.04. The minimum absolute atomic E-state index is 0.0759. The van der Waals surface area contributed by atoms with Crippen LogP contribution in [-0.2, 0) is 6.54 Å². The zero-order valence-corrected chi connectivity index (χ0v) is 13.1. The summed E-state index contributed by atoms with van der Waals surface area (Å²) in [6.07, 6.45) is 4.52. The van der Waals surface area contributed by atoms with E-state index in [-0.39, 0.29) is 11.6 Å². The first-order valence-corrected chi connectivity index (χ1v) is 7.83. The topological polar surface area (TPSA) is 90.3 Å². The van der Waals surface area contributed by atoms with E-state index in [1.54, 1.807) is 17.6 Å². The van der Waals surface area contributed by atoms with Crippen molar-refractivity contribution >= 4 is 33.8 Å². The number of hydrogen-bond donors (Lipinski definition) is 1. The number of fused-ring (bicyclic) bond motifs is 1. The molecule has 3 aromatic heterocycles. The van der Waals surface area contributed by atoms with Crippen molar-refractivity contribution in [1.29, 1.82) is 0 Å². The van der Waals surface area contributed by atoms with Crippen molar-refractivity contribution in [2.75, 3.05) is 5.32 Å². The lowest BCUT2D eigenvalue weighted by atomic mass is 10.1. The summed E-state index contributed by atoms with van der Waals surface area (Å²) < 4.78 is 3.29. The van der Waals surface area contributed by atoms with Crippen LogP contribution in [0.4, 0.5) is 17.5 Å². The number of nitrogens with one attached hydrogen (secondary N) is 1. The lowest BCUT2D eigenvalue weighted by Crippen LogP contribution is -2.03. The summed E-state index contributed by atoms with van der Waals surface area (Å²) in [7, 11) is 0. The number of aromatic nitrogens is 4. The van der Waals surface area contributed by atoms with Crippen LogP contribution in [0.15, 0.2) is 23.8 Å². The molecule has 0 amide bonds. The molecule has 3 aromatic rings. The van der Waals surface area contributed by atoms with Gasteiger partial charge in [-0.1, -0.05) is 25.2 Å². The van der Waals surface area contributed by atoms with Gasteiger partial charge in [0.05, 0.1) is 0 Å². The van der Waals surface area contributed by atoms with Crippen molar-refractivity contribution in [3.05, 3.63) is 34.0 Å². The molecule has 22 heavy (non-hydrogen) atoms.